The van der Waals surface area contributed by atoms with Crippen molar-refractivity contribution < 1.29 is 14.7 Å². The number of carbonyl (C=O) groups is 2. The fourth-order valence-corrected chi connectivity index (χ4v) is 2.34. The smallest absolute Gasteiger partial charge is 0.247 e. The van der Waals surface area contributed by atoms with Gasteiger partial charge in [0.2, 0.25) is 16.9 Å². The van der Waals surface area contributed by atoms with E-state index in [1.54, 1.807) is 39.0 Å². The fourth-order valence-electron chi connectivity index (χ4n) is 1.61. The van der Waals surface area contributed by atoms with E-state index in [0.29, 0.717) is 15.7 Å². The summed E-state index contributed by atoms with van der Waals surface area (Å²) in [6.07, 6.45) is 1.34. The second kappa shape index (κ2) is 7.84. The van der Waals surface area contributed by atoms with Gasteiger partial charge < -0.3 is 10.4 Å². The van der Waals surface area contributed by atoms with Crippen LogP contribution in [0.3, 0.4) is 0 Å². The van der Waals surface area contributed by atoms with E-state index in [2.05, 4.69) is 26.0 Å². The summed E-state index contributed by atoms with van der Waals surface area (Å²) in [5.41, 5.74) is 2.30. The Balaban J connectivity index is 1.87. The minimum atomic E-state index is -0.541. The lowest BCUT2D eigenvalue weighted by atomic mass is 9.96. The molecule has 0 aliphatic carbocycles. The maximum atomic E-state index is 11.9. The topological polar surface area (TPSA) is 117 Å². The lowest BCUT2D eigenvalue weighted by molar-refractivity contribution is -0.123. The van der Waals surface area contributed by atoms with Gasteiger partial charge in [0.25, 0.3) is 0 Å². The Kier molecular flexibility index (Phi) is 5.81. The number of aromatic hydroxyl groups is 1. The number of benzene rings is 1. The van der Waals surface area contributed by atoms with E-state index in [1.807, 2.05) is 0 Å². The van der Waals surface area contributed by atoms with E-state index in [-0.39, 0.29) is 24.0 Å². The Labute approximate surface area is 149 Å². The zero-order valence-corrected chi connectivity index (χ0v) is 14.9. The van der Waals surface area contributed by atoms with Gasteiger partial charge in [0.1, 0.15) is 10.8 Å². The molecule has 1 aromatic heterocycles. The molecule has 0 atom stereocenters. The van der Waals surface area contributed by atoms with Gasteiger partial charge in [-0.15, -0.1) is 10.2 Å². The molecule has 0 bridgehead atoms. The highest BCUT2D eigenvalue weighted by Crippen LogP contribution is 2.20. The Hall–Kier alpha value is -2.81. The number of hydrazone groups is 1. The average Bonchev–Trinajstić information content (AvgIpc) is 2.95. The third-order valence-electron chi connectivity index (χ3n) is 3.01. The number of nitrogens with zero attached hydrogens (tertiary/aromatic N) is 3. The molecular weight excluding hydrogens is 342 g/mol. The van der Waals surface area contributed by atoms with Crippen LogP contribution in [-0.2, 0) is 16.0 Å². The van der Waals surface area contributed by atoms with Crippen LogP contribution in [0.1, 0.15) is 31.3 Å². The van der Waals surface area contributed by atoms with Crippen molar-refractivity contribution in [2.24, 2.45) is 10.5 Å². The highest BCUT2D eigenvalue weighted by molar-refractivity contribution is 7.15. The van der Waals surface area contributed by atoms with Gasteiger partial charge in [-0.2, -0.15) is 5.10 Å². The molecule has 3 N–H and O–H groups in total. The van der Waals surface area contributed by atoms with Gasteiger partial charge in [0.15, 0.2) is 0 Å². The van der Waals surface area contributed by atoms with Gasteiger partial charge in [-0.1, -0.05) is 44.2 Å². The van der Waals surface area contributed by atoms with E-state index in [1.165, 1.54) is 12.3 Å². The highest BCUT2D eigenvalue weighted by atomic mass is 32.1. The Morgan fingerprint density at radius 1 is 1.28 bits per heavy atom. The van der Waals surface area contributed by atoms with Crippen LogP contribution in [0, 0.1) is 5.41 Å². The molecule has 1 heterocycles. The maximum Gasteiger partial charge on any atom is 0.247 e. The summed E-state index contributed by atoms with van der Waals surface area (Å²) < 4.78 is 0. The number of hydrogen-bond acceptors (Lipinski definition) is 7. The Morgan fingerprint density at radius 2 is 2.00 bits per heavy atom. The first-order valence-corrected chi connectivity index (χ1v) is 8.31. The molecule has 1 aromatic carbocycles. The molecule has 132 valence electrons. The summed E-state index contributed by atoms with van der Waals surface area (Å²) in [6, 6.07) is 6.63. The number of anilines is 1. The van der Waals surface area contributed by atoms with Gasteiger partial charge in [-0.05, 0) is 12.1 Å². The number of para-hydroxylation sites is 1. The first-order valence-electron chi connectivity index (χ1n) is 7.49. The molecule has 0 fully saturated rings. The van der Waals surface area contributed by atoms with Gasteiger partial charge in [0, 0.05) is 11.0 Å². The number of aromatic nitrogens is 2. The van der Waals surface area contributed by atoms with Crippen molar-refractivity contribution in [3.63, 3.8) is 0 Å². The zero-order chi connectivity index (χ0) is 18.4. The monoisotopic (exact) mass is 361 g/mol. The number of phenols is 1. The standard InChI is InChI=1S/C16H19N5O3S/c1-16(2,3)14(24)18-15-21-20-13(25-15)8-12(23)19-17-9-10-6-4-5-7-11(10)22/h4-7,9,22H,8H2,1-3H3,(H,19,23)(H,18,21,24)/b17-9-. The van der Waals surface area contributed by atoms with Crippen LogP contribution in [0.25, 0.3) is 0 Å². The first kappa shape index (κ1) is 18.5. The summed E-state index contributed by atoms with van der Waals surface area (Å²) in [6.45, 7) is 5.38. The van der Waals surface area contributed by atoms with E-state index >= 15 is 0 Å². The number of amides is 2. The van der Waals surface area contributed by atoms with Crippen molar-refractivity contribution in [2.45, 2.75) is 27.2 Å². The molecule has 0 unspecified atom stereocenters. The molecule has 2 rings (SSSR count). The molecule has 0 aliphatic rings. The number of hydrogen-bond donors (Lipinski definition) is 3. The molecule has 0 radical (unpaired) electrons. The van der Waals surface area contributed by atoms with Crippen molar-refractivity contribution in [3.8, 4) is 5.75 Å². The van der Waals surface area contributed by atoms with Crippen molar-refractivity contribution in [2.75, 3.05) is 5.32 Å². The average molecular weight is 361 g/mol. The molecule has 0 aliphatic heterocycles. The SMILES string of the molecule is CC(C)(C)C(=O)Nc1nnc(CC(=O)N/N=C\c2ccccc2O)s1. The number of carbonyl (C=O) groups excluding carboxylic acids is 2. The lowest BCUT2D eigenvalue weighted by Crippen LogP contribution is -2.27. The third-order valence-corrected chi connectivity index (χ3v) is 3.85. The summed E-state index contributed by atoms with van der Waals surface area (Å²) in [7, 11) is 0. The molecule has 25 heavy (non-hydrogen) atoms. The Bertz CT molecular complexity index is 795. The quantitative estimate of drug-likeness (QED) is 0.556. The number of nitrogens with one attached hydrogen (secondary N) is 2. The fraction of sp³-hybridized carbons (Fsp3) is 0.312. The first-order chi connectivity index (χ1) is 11.8. The van der Waals surface area contributed by atoms with E-state index in [9.17, 15) is 14.7 Å². The van der Waals surface area contributed by atoms with Crippen molar-refractivity contribution in [3.05, 3.63) is 34.8 Å². The van der Waals surface area contributed by atoms with Crippen LogP contribution < -0.4 is 10.7 Å². The second-order valence-corrected chi connectivity index (χ2v) is 7.30. The molecule has 9 heteroatoms. The minimum Gasteiger partial charge on any atom is -0.507 e. The summed E-state index contributed by atoms with van der Waals surface area (Å²) in [5, 5.41) is 24.6. The number of rotatable bonds is 5. The molecule has 2 aromatic rings. The molecule has 0 spiro atoms. The highest BCUT2D eigenvalue weighted by Gasteiger charge is 2.22. The largest absolute Gasteiger partial charge is 0.507 e. The van der Waals surface area contributed by atoms with Gasteiger partial charge in [0.05, 0.1) is 12.6 Å². The summed E-state index contributed by atoms with van der Waals surface area (Å²) in [4.78, 5) is 23.7. The zero-order valence-electron chi connectivity index (χ0n) is 14.1. The summed E-state index contributed by atoms with van der Waals surface area (Å²) in [5.74, 6) is -0.479. The minimum absolute atomic E-state index is 0.0127. The maximum absolute atomic E-state index is 11.9. The van der Waals surface area contributed by atoms with Crippen LogP contribution in [0.5, 0.6) is 5.75 Å². The molecule has 0 saturated heterocycles. The summed E-state index contributed by atoms with van der Waals surface area (Å²) >= 11 is 1.13. The predicted molar refractivity (Wildman–Crippen MR) is 95.5 cm³/mol. The van der Waals surface area contributed by atoms with Gasteiger partial charge in [-0.25, -0.2) is 5.43 Å². The van der Waals surface area contributed by atoms with E-state index in [4.69, 9.17) is 0 Å². The molecule has 8 nitrogen and oxygen atoms in total. The number of phenolic OH excluding ortho intramolecular Hbond substituents is 1. The van der Waals surface area contributed by atoms with Crippen molar-refractivity contribution >= 4 is 34.5 Å². The van der Waals surface area contributed by atoms with E-state index < -0.39 is 5.41 Å². The van der Waals surface area contributed by atoms with Crippen LogP contribution in [0.2, 0.25) is 0 Å². The van der Waals surface area contributed by atoms with Crippen LogP contribution in [0.4, 0.5) is 5.13 Å². The molecule has 2 amide bonds. The van der Waals surface area contributed by atoms with Crippen LogP contribution >= 0.6 is 11.3 Å². The van der Waals surface area contributed by atoms with Crippen molar-refractivity contribution in [1.29, 1.82) is 0 Å². The third kappa shape index (κ3) is 5.64. The van der Waals surface area contributed by atoms with Gasteiger partial charge in [-0.3, -0.25) is 9.59 Å². The molecule has 0 saturated carbocycles. The predicted octanol–water partition coefficient (Wildman–Crippen LogP) is 1.92. The van der Waals surface area contributed by atoms with E-state index in [0.717, 1.165) is 11.3 Å². The Morgan fingerprint density at radius 3 is 2.68 bits per heavy atom. The lowest BCUT2D eigenvalue weighted by Gasteiger charge is -2.15. The van der Waals surface area contributed by atoms with Crippen LogP contribution in [-0.4, -0.2) is 33.3 Å². The van der Waals surface area contributed by atoms with Gasteiger partial charge >= 0.3 is 0 Å². The van der Waals surface area contributed by atoms with Crippen LogP contribution in [0.15, 0.2) is 29.4 Å². The molecular formula is C16H19N5O3S. The second-order valence-electron chi connectivity index (χ2n) is 6.23. The normalized spacial score (nSPS) is 11.5. The van der Waals surface area contributed by atoms with Crippen molar-refractivity contribution in [1.82, 2.24) is 15.6 Å².